The number of pyridine rings is 1. The van der Waals surface area contributed by atoms with Crippen molar-refractivity contribution in [1.82, 2.24) is 14.8 Å². The van der Waals surface area contributed by atoms with Gasteiger partial charge >= 0.3 is 5.97 Å². The van der Waals surface area contributed by atoms with E-state index in [9.17, 15) is 9.90 Å². The number of hydrogen-bond donors (Lipinski definition) is 2. The van der Waals surface area contributed by atoms with Crippen molar-refractivity contribution in [3.63, 3.8) is 0 Å². The summed E-state index contributed by atoms with van der Waals surface area (Å²) in [6.45, 7) is 6.64. The van der Waals surface area contributed by atoms with E-state index in [4.69, 9.17) is 9.72 Å². The number of hydrogen-bond acceptors (Lipinski definition) is 6. The third-order valence-corrected chi connectivity index (χ3v) is 9.41. The van der Waals surface area contributed by atoms with Gasteiger partial charge in [-0.2, -0.15) is 0 Å². The maximum Gasteiger partial charge on any atom is 0.325 e. The molecule has 1 aromatic carbocycles. The molecule has 1 aromatic heterocycles. The van der Waals surface area contributed by atoms with E-state index in [1.54, 1.807) is 6.07 Å². The normalized spacial score (nSPS) is 20.6. The topological polar surface area (TPSA) is 77.9 Å². The second kappa shape index (κ2) is 14.1. The summed E-state index contributed by atoms with van der Waals surface area (Å²) in [6.07, 6.45) is 9.76. The van der Waals surface area contributed by atoms with E-state index < -0.39 is 12.0 Å². The minimum atomic E-state index is -0.891. The number of fused-ring (bicyclic) bond motifs is 1. The summed E-state index contributed by atoms with van der Waals surface area (Å²) >= 11 is 0. The Bertz CT molecular complexity index is 1190. The van der Waals surface area contributed by atoms with Crippen LogP contribution in [0.25, 0.3) is 0 Å². The first-order chi connectivity index (χ1) is 19.9. The van der Waals surface area contributed by atoms with E-state index in [1.165, 1.54) is 17.7 Å². The number of ether oxygens (including phenoxy) is 1. The minimum absolute atomic E-state index is 0.217. The Morgan fingerprint density at radius 3 is 2.83 bits per heavy atom. The highest BCUT2D eigenvalue weighted by Gasteiger charge is 2.37. The number of anilines is 1. The van der Waals surface area contributed by atoms with E-state index in [0.29, 0.717) is 49.9 Å². The lowest BCUT2D eigenvalue weighted by atomic mass is 9.86. The van der Waals surface area contributed by atoms with Gasteiger partial charge in [0.15, 0.2) is 0 Å². The lowest BCUT2D eigenvalue weighted by Crippen LogP contribution is -2.38. The first-order valence-electron chi connectivity index (χ1n) is 15.7. The molecule has 2 atom stereocenters. The molecule has 0 aliphatic carbocycles. The highest BCUT2D eigenvalue weighted by molar-refractivity contribution is 5.76. The molecule has 4 heterocycles. The molecule has 2 fully saturated rings. The van der Waals surface area contributed by atoms with Crippen molar-refractivity contribution in [3.05, 3.63) is 58.0 Å². The van der Waals surface area contributed by atoms with Crippen LogP contribution in [0.3, 0.4) is 0 Å². The molecule has 8 heteroatoms. The number of benzene rings is 1. The predicted octanol–water partition coefficient (Wildman–Crippen LogP) is 5.58. The van der Waals surface area contributed by atoms with Crippen LogP contribution in [0, 0.1) is 5.82 Å². The number of unbranched alkanes of at least 4 members (excludes halogenated alkanes) is 2. The van der Waals surface area contributed by atoms with Crippen molar-refractivity contribution in [2.75, 3.05) is 51.8 Å². The molecule has 0 radical (unpaired) electrons. The van der Waals surface area contributed by atoms with Gasteiger partial charge in [0.05, 0.1) is 0 Å². The number of aryl methyl sites for hydroxylation is 2. The van der Waals surface area contributed by atoms with Crippen LogP contribution >= 0.6 is 0 Å². The number of halogens is 1. The second-order valence-corrected chi connectivity index (χ2v) is 12.1. The van der Waals surface area contributed by atoms with Gasteiger partial charge < -0.3 is 20.1 Å². The zero-order chi connectivity index (χ0) is 28.8. The summed E-state index contributed by atoms with van der Waals surface area (Å²) in [5.41, 5.74) is 4.59. The van der Waals surface area contributed by atoms with Gasteiger partial charge in [0.1, 0.15) is 17.7 Å². The lowest BCUT2D eigenvalue weighted by Gasteiger charge is -2.30. The van der Waals surface area contributed by atoms with Crippen LogP contribution in [0.4, 0.5) is 10.2 Å². The van der Waals surface area contributed by atoms with E-state index >= 15 is 4.39 Å². The Kier molecular flexibility index (Phi) is 10.3. The Morgan fingerprint density at radius 1 is 1.22 bits per heavy atom. The average Bonchev–Trinajstić information content (AvgIpc) is 3.47. The van der Waals surface area contributed by atoms with E-state index in [2.05, 4.69) is 34.3 Å². The minimum Gasteiger partial charge on any atom is -0.480 e. The smallest absolute Gasteiger partial charge is 0.325 e. The van der Waals surface area contributed by atoms with Crippen molar-refractivity contribution in [2.45, 2.75) is 89.1 Å². The van der Waals surface area contributed by atoms with Crippen LogP contribution in [0.15, 0.2) is 24.3 Å². The van der Waals surface area contributed by atoms with E-state index in [0.717, 1.165) is 75.8 Å². The fourth-order valence-electron chi connectivity index (χ4n) is 6.95. The third kappa shape index (κ3) is 7.27. The molecule has 41 heavy (non-hydrogen) atoms. The summed E-state index contributed by atoms with van der Waals surface area (Å²) < 4.78 is 20.8. The molecule has 0 spiro atoms. The third-order valence-electron chi connectivity index (χ3n) is 9.41. The molecule has 224 valence electrons. The van der Waals surface area contributed by atoms with Crippen molar-refractivity contribution >= 4 is 11.8 Å². The highest BCUT2D eigenvalue weighted by Crippen LogP contribution is 2.36. The Hall–Kier alpha value is -2.55. The number of likely N-dealkylation sites (N-methyl/N-ethyl adjacent to an activating group) is 1. The number of aliphatic carboxylic acids is 1. The van der Waals surface area contributed by atoms with E-state index in [1.807, 2.05) is 13.0 Å². The number of carbonyl (C=O) groups is 1. The molecular formula is C33H47FN4O3. The van der Waals surface area contributed by atoms with Gasteiger partial charge in [-0.3, -0.25) is 9.69 Å². The van der Waals surface area contributed by atoms with Crippen molar-refractivity contribution in [3.8, 4) is 0 Å². The molecule has 2 aromatic rings. The molecule has 7 nitrogen and oxygen atoms in total. The molecule has 3 aliphatic rings. The number of carboxylic acids is 1. The standard InChI is InChI=1S/C33H47FN4O3/c1-3-28-29(20-25(21-30(28)34)23-13-18-41-19-14-23)31(33(39)40)38-17-12-27(22-38)37(2)16-6-4-5-9-26-11-10-24-8-7-15-35-32(24)36-26/h10-11,20-21,23,27,31H,3-9,12-19,22H2,1-2H3,(H,35,36)(H,39,40)/t27-,31-/m1/s1. The molecule has 2 N–H and O–H groups in total. The van der Waals surface area contributed by atoms with Crippen molar-refractivity contribution < 1.29 is 19.0 Å². The second-order valence-electron chi connectivity index (χ2n) is 12.1. The van der Waals surface area contributed by atoms with Crippen molar-refractivity contribution in [2.24, 2.45) is 0 Å². The Balaban J connectivity index is 1.15. The van der Waals surface area contributed by atoms with Gasteiger partial charge in [0.2, 0.25) is 0 Å². The quantitative estimate of drug-likeness (QED) is 0.325. The number of carboxylic acid groups (broad SMARTS) is 1. The van der Waals surface area contributed by atoms with Crippen LogP contribution in [-0.2, 0) is 28.8 Å². The molecule has 0 saturated carbocycles. The van der Waals surface area contributed by atoms with Crippen LogP contribution in [0.1, 0.15) is 91.8 Å². The first-order valence-corrected chi connectivity index (χ1v) is 15.7. The van der Waals surface area contributed by atoms with Gasteiger partial charge in [-0.05, 0) is 112 Å². The number of likely N-dealkylation sites (tertiary alicyclic amines) is 1. The Labute approximate surface area is 244 Å². The molecule has 5 rings (SSSR count). The average molecular weight is 567 g/mol. The molecule has 0 amide bonds. The fraction of sp³-hybridized carbons (Fsp3) is 0.636. The largest absolute Gasteiger partial charge is 0.480 e. The summed E-state index contributed by atoms with van der Waals surface area (Å²) in [5, 5.41) is 13.8. The molecular weight excluding hydrogens is 519 g/mol. The van der Waals surface area contributed by atoms with Crippen LogP contribution in [-0.4, -0.2) is 78.3 Å². The van der Waals surface area contributed by atoms with Gasteiger partial charge in [-0.25, -0.2) is 9.37 Å². The highest BCUT2D eigenvalue weighted by atomic mass is 19.1. The van der Waals surface area contributed by atoms with Crippen molar-refractivity contribution in [1.29, 1.82) is 0 Å². The van der Waals surface area contributed by atoms with Gasteiger partial charge in [-0.15, -0.1) is 0 Å². The lowest BCUT2D eigenvalue weighted by molar-refractivity contribution is -0.143. The number of nitrogens with zero attached hydrogens (tertiary/aromatic N) is 3. The zero-order valence-corrected chi connectivity index (χ0v) is 24.8. The monoisotopic (exact) mass is 566 g/mol. The fourth-order valence-corrected chi connectivity index (χ4v) is 6.95. The predicted molar refractivity (Wildman–Crippen MR) is 160 cm³/mol. The SMILES string of the molecule is CCc1c(F)cc(C2CCOCC2)cc1[C@H](C(=O)O)N1CC[C@@H](N(C)CCCCCc2ccc3c(n2)NCCC3)C1. The summed E-state index contributed by atoms with van der Waals surface area (Å²) in [5.74, 6) is 0.127. The number of aromatic nitrogens is 1. The van der Waals surface area contributed by atoms with Crippen LogP contribution in [0.5, 0.6) is 0 Å². The molecule has 3 aliphatic heterocycles. The molecule has 2 saturated heterocycles. The summed E-state index contributed by atoms with van der Waals surface area (Å²) in [6, 6.07) is 7.51. The van der Waals surface area contributed by atoms with Crippen LogP contribution < -0.4 is 5.32 Å². The zero-order valence-electron chi connectivity index (χ0n) is 24.8. The Morgan fingerprint density at radius 2 is 2.05 bits per heavy atom. The summed E-state index contributed by atoms with van der Waals surface area (Å²) in [4.78, 5) is 21.9. The number of rotatable bonds is 12. The number of nitrogens with one attached hydrogen (secondary N) is 1. The molecule has 0 bridgehead atoms. The first kappa shape index (κ1) is 29.9. The maximum absolute atomic E-state index is 15.3. The van der Waals surface area contributed by atoms with Crippen LogP contribution in [0.2, 0.25) is 0 Å². The van der Waals surface area contributed by atoms with Gasteiger partial charge in [0.25, 0.3) is 0 Å². The summed E-state index contributed by atoms with van der Waals surface area (Å²) in [7, 11) is 2.16. The molecule has 0 unspecified atom stereocenters. The van der Waals surface area contributed by atoms with Gasteiger partial charge in [-0.1, -0.05) is 25.5 Å². The van der Waals surface area contributed by atoms with Gasteiger partial charge in [0, 0.05) is 44.6 Å². The maximum atomic E-state index is 15.3. The van der Waals surface area contributed by atoms with E-state index in [-0.39, 0.29) is 11.7 Å².